The van der Waals surface area contributed by atoms with Gasteiger partial charge in [-0.1, -0.05) is 5.21 Å². The van der Waals surface area contributed by atoms with Crippen LogP contribution in [-0.2, 0) is 0 Å². The van der Waals surface area contributed by atoms with Gasteiger partial charge in [0.1, 0.15) is 17.2 Å². The first-order valence-electron chi connectivity index (χ1n) is 8.53. The number of halogens is 1. The monoisotopic (exact) mass is 359 g/mol. The first-order valence-corrected chi connectivity index (χ1v) is 8.53. The van der Waals surface area contributed by atoms with Crippen molar-refractivity contribution in [2.24, 2.45) is 0 Å². The van der Waals surface area contributed by atoms with E-state index in [9.17, 15) is 4.39 Å². The minimum atomic E-state index is -0.282. The molecular weight excluding hydrogens is 341 g/mol. The van der Waals surface area contributed by atoms with E-state index in [0.29, 0.717) is 5.69 Å². The zero-order chi connectivity index (χ0) is 18.8. The lowest BCUT2D eigenvalue weighted by Gasteiger charge is -2.13. The minimum Gasteiger partial charge on any atom is -0.378 e. The number of hydrogen-bond donors (Lipinski definition) is 0. The van der Waals surface area contributed by atoms with Crippen LogP contribution in [-0.4, -0.2) is 34.1 Å². The van der Waals surface area contributed by atoms with Gasteiger partial charge in [-0.2, -0.15) is 0 Å². The lowest BCUT2D eigenvalue weighted by atomic mass is 10.1. The normalized spacial score (nSPS) is 10.8. The average Bonchev–Trinajstić information content (AvgIpc) is 3.14. The second kappa shape index (κ2) is 6.99. The lowest BCUT2D eigenvalue weighted by molar-refractivity contribution is 0.628. The van der Waals surface area contributed by atoms with Crippen molar-refractivity contribution in [2.75, 3.05) is 19.0 Å². The largest absolute Gasteiger partial charge is 0.378 e. The van der Waals surface area contributed by atoms with Crippen molar-refractivity contribution in [3.05, 3.63) is 78.9 Å². The molecule has 0 aliphatic heterocycles. The Hall–Kier alpha value is -3.54. The molecule has 5 nitrogen and oxygen atoms in total. The third-order valence-electron chi connectivity index (χ3n) is 4.35. The highest BCUT2D eigenvalue weighted by Crippen LogP contribution is 2.32. The molecule has 27 heavy (non-hydrogen) atoms. The molecule has 0 fully saturated rings. The van der Waals surface area contributed by atoms with E-state index in [-0.39, 0.29) is 5.82 Å². The molecule has 0 amide bonds. The zero-order valence-corrected chi connectivity index (χ0v) is 15.0. The summed E-state index contributed by atoms with van der Waals surface area (Å²) in [5.74, 6) is -0.282. The van der Waals surface area contributed by atoms with Gasteiger partial charge in [-0.25, -0.2) is 9.07 Å². The molecule has 0 saturated carbocycles. The van der Waals surface area contributed by atoms with Gasteiger partial charge >= 0.3 is 0 Å². The maximum Gasteiger partial charge on any atom is 0.123 e. The average molecular weight is 359 g/mol. The lowest BCUT2D eigenvalue weighted by Crippen LogP contribution is -2.08. The van der Waals surface area contributed by atoms with Crippen LogP contribution in [0.15, 0.2) is 73.1 Å². The van der Waals surface area contributed by atoms with E-state index in [1.54, 1.807) is 29.2 Å². The van der Waals surface area contributed by atoms with Crippen LogP contribution >= 0.6 is 0 Å². The molecule has 0 spiro atoms. The van der Waals surface area contributed by atoms with Crippen molar-refractivity contribution in [3.8, 4) is 28.2 Å². The molecule has 6 heteroatoms. The molecule has 0 unspecified atom stereocenters. The molecule has 4 aromatic rings. The molecule has 2 aromatic carbocycles. The molecule has 0 aliphatic carbocycles. The summed E-state index contributed by atoms with van der Waals surface area (Å²) >= 11 is 0. The van der Waals surface area contributed by atoms with Crippen molar-refractivity contribution in [1.82, 2.24) is 20.0 Å². The van der Waals surface area contributed by atoms with Crippen LogP contribution in [0.2, 0.25) is 0 Å². The fourth-order valence-corrected chi connectivity index (χ4v) is 2.93. The van der Waals surface area contributed by atoms with E-state index in [1.165, 1.54) is 12.1 Å². The first kappa shape index (κ1) is 16.9. The summed E-state index contributed by atoms with van der Waals surface area (Å²) in [5.41, 5.74) is 5.27. The van der Waals surface area contributed by atoms with Crippen LogP contribution in [0.25, 0.3) is 28.2 Å². The molecule has 0 N–H and O–H groups in total. The Morgan fingerprint density at radius 3 is 2.11 bits per heavy atom. The maximum atomic E-state index is 13.3. The number of aromatic nitrogens is 4. The van der Waals surface area contributed by atoms with E-state index < -0.39 is 0 Å². The number of rotatable bonds is 4. The minimum absolute atomic E-state index is 0.282. The Balaban J connectivity index is 1.88. The second-order valence-electron chi connectivity index (χ2n) is 6.35. The van der Waals surface area contributed by atoms with E-state index in [2.05, 4.69) is 15.3 Å². The predicted octanol–water partition coefficient (Wildman–Crippen LogP) is 4.20. The smallest absolute Gasteiger partial charge is 0.123 e. The number of benzene rings is 2. The molecule has 2 heterocycles. The van der Waals surface area contributed by atoms with E-state index in [0.717, 1.165) is 28.2 Å². The molecule has 134 valence electrons. The van der Waals surface area contributed by atoms with Gasteiger partial charge in [0.05, 0.1) is 5.69 Å². The second-order valence-corrected chi connectivity index (χ2v) is 6.35. The quantitative estimate of drug-likeness (QED) is 0.548. The topological polar surface area (TPSA) is 46.8 Å². The van der Waals surface area contributed by atoms with Gasteiger partial charge in [0, 0.05) is 43.3 Å². The van der Waals surface area contributed by atoms with Gasteiger partial charge in [0.25, 0.3) is 0 Å². The van der Waals surface area contributed by atoms with Crippen molar-refractivity contribution in [3.63, 3.8) is 0 Å². The van der Waals surface area contributed by atoms with Crippen molar-refractivity contribution in [2.45, 2.75) is 0 Å². The Kier molecular flexibility index (Phi) is 4.38. The Morgan fingerprint density at radius 2 is 1.48 bits per heavy atom. The van der Waals surface area contributed by atoms with Gasteiger partial charge in [0.2, 0.25) is 0 Å². The summed E-state index contributed by atoms with van der Waals surface area (Å²) in [6.07, 6.45) is 3.46. The Labute approximate surface area is 156 Å². The zero-order valence-electron chi connectivity index (χ0n) is 15.0. The van der Waals surface area contributed by atoms with Crippen molar-refractivity contribution in [1.29, 1.82) is 0 Å². The maximum absolute atomic E-state index is 13.3. The predicted molar refractivity (Wildman–Crippen MR) is 104 cm³/mol. The highest BCUT2D eigenvalue weighted by Gasteiger charge is 2.18. The molecule has 2 aromatic heterocycles. The van der Waals surface area contributed by atoms with Gasteiger partial charge in [0.15, 0.2) is 0 Å². The summed E-state index contributed by atoms with van der Waals surface area (Å²) in [5, 5.41) is 8.76. The van der Waals surface area contributed by atoms with Crippen molar-refractivity contribution < 1.29 is 4.39 Å². The highest BCUT2D eigenvalue weighted by molar-refractivity contribution is 5.79. The molecular formula is C21H18FN5. The SMILES string of the molecule is CN(C)c1ccc(-n2nnc(-c3ccc(F)cc3)c2-c2ccncc2)cc1. The van der Waals surface area contributed by atoms with Crippen molar-refractivity contribution >= 4 is 5.69 Å². The summed E-state index contributed by atoms with van der Waals surface area (Å²) in [4.78, 5) is 6.14. The molecule has 4 rings (SSSR count). The molecule has 0 bridgehead atoms. The Morgan fingerprint density at radius 1 is 0.815 bits per heavy atom. The first-order chi connectivity index (χ1) is 13.1. The standard InChI is InChI=1S/C21H18FN5/c1-26(2)18-7-9-19(10-8-18)27-21(16-11-13-23-14-12-16)20(24-25-27)15-3-5-17(22)6-4-15/h3-14H,1-2H3. The number of hydrogen-bond acceptors (Lipinski definition) is 4. The van der Waals surface area contributed by atoms with Crippen LogP contribution in [0.3, 0.4) is 0 Å². The van der Waals surface area contributed by atoms with Gasteiger partial charge in [-0.15, -0.1) is 5.10 Å². The Bertz CT molecular complexity index is 1040. The summed E-state index contributed by atoms with van der Waals surface area (Å²) in [6, 6.07) is 18.2. The van der Waals surface area contributed by atoms with Gasteiger partial charge in [-0.05, 0) is 60.7 Å². The van der Waals surface area contributed by atoms with Crippen LogP contribution in [0.5, 0.6) is 0 Å². The number of nitrogens with zero attached hydrogens (tertiary/aromatic N) is 5. The third-order valence-corrected chi connectivity index (χ3v) is 4.35. The van der Waals surface area contributed by atoms with Crippen LogP contribution in [0.1, 0.15) is 0 Å². The fraction of sp³-hybridized carbons (Fsp3) is 0.0952. The summed E-state index contributed by atoms with van der Waals surface area (Å²) < 4.78 is 15.1. The van der Waals surface area contributed by atoms with Crippen LogP contribution < -0.4 is 4.90 Å². The summed E-state index contributed by atoms with van der Waals surface area (Å²) in [7, 11) is 4.00. The van der Waals surface area contributed by atoms with E-state index in [4.69, 9.17) is 0 Å². The highest BCUT2D eigenvalue weighted by atomic mass is 19.1. The molecule has 0 radical (unpaired) electrons. The molecule has 0 aliphatic rings. The van der Waals surface area contributed by atoms with E-state index >= 15 is 0 Å². The molecule has 0 saturated heterocycles. The molecule has 0 atom stereocenters. The summed E-state index contributed by atoms with van der Waals surface area (Å²) in [6.45, 7) is 0. The van der Waals surface area contributed by atoms with Crippen LogP contribution in [0, 0.1) is 5.82 Å². The number of pyridine rings is 1. The van der Waals surface area contributed by atoms with Gasteiger partial charge in [-0.3, -0.25) is 4.98 Å². The number of anilines is 1. The van der Waals surface area contributed by atoms with Gasteiger partial charge < -0.3 is 4.90 Å². The van der Waals surface area contributed by atoms with Crippen LogP contribution in [0.4, 0.5) is 10.1 Å². The van der Waals surface area contributed by atoms with E-state index in [1.807, 2.05) is 55.4 Å². The third kappa shape index (κ3) is 3.29. The fourth-order valence-electron chi connectivity index (χ4n) is 2.93.